The van der Waals surface area contributed by atoms with Crippen molar-refractivity contribution in [2.75, 3.05) is 31.1 Å². The van der Waals surface area contributed by atoms with Crippen LogP contribution in [0.25, 0.3) is 10.9 Å². The lowest BCUT2D eigenvalue weighted by Gasteiger charge is -2.28. The highest BCUT2D eigenvalue weighted by atomic mass is 16.1. The van der Waals surface area contributed by atoms with Crippen LogP contribution in [0.15, 0.2) is 24.3 Å². The highest BCUT2D eigenvalue weighted by molar-refractivity contribution is 5.89. The second kappa shape index (κ2) is 4.97. The lowest BCUT2D eigenvalue weighted by Crippen LogP contribution is -2.43. The van der Waals surface area contributed by atoms with Crippen LogP contribution in [0.1, 0.15) is 15.9 Å². The molecule has 1 fully saturated rings. The Morgan fingerprint density at radius 2 is 2.05 bits per heavy atom. The molecule has 4 heteroatoms. The van der Waals surface area contributed by atoms with E-state index in [9.17, 15) is 4.79 Å². The van der Waals surface area contributed by atoms with Gasteiger partial charge in [0.15, 0.2) is 0 Å². The van der Waals surface area contributed by atoms with E-state index in [-0.39, 0.29) is 0 Å². The van der Waals surface area contributed by atoms with Crippen LogP contribution in [0.4, 0.5) is 5.82 Å². The number of aromatic nitrogens is 1. The summed E-state index contributed by atoms with van der Waals surface area (Å²) in [6.07, 6.45) is 0.878. The molecule has 4 nitrogen and oxygen atoms in total. The molecule has 19 heavy (non-hydrogen) atoms. The summed E-state index contributed by atoms with van der Waals surface area (Å²) < 4.78 is 0. The van der Waals surface area contributed by atoms with Gasteiger partial charge in [-0.25, -0.2) is 4.98 Å². The quantitative estimate of drug-likeness (QED) is 0.831. The van der Waals surface area contributed by atoms with Gasteiger partial charge in [-0.1, -0.05) is 0 Å². The Morgan fingerprint density at radius 3 is 2.79 bits per heavy atom. The molecule has 0 atom stereocenters. The molecule has 2 aromatic rings. The summed E-state index contributed by atoms with van der Waals surface area (Å²) in [5.41, 5.74) is 2.83. The highest BCUT2D eigenvalue weighted by Crippen LogP contribution is 2.23. The molecule has 1 aliphatic rings. The van der Waals surface area contributed by atoms with Crippen molar-refractivity contribution in [3.63, 3.8) is 0 Å². The van der Waals surface area contributed by atoms with Crippen molar-refractivity contribution in [1.29, 1.82) is 0 Å². The molecule has 0 saturated carbocycles. The zero-order chi connectivity index (χ0) is 13.2. The number of aryl methyl sites for hydroxylation is 1. The molecule has 98 valence electrons. The number of carbonyl (C=O) groups excluding carboxylic acids is 1. The number of pyridine rings is 1. The number of aldehydes is 1. The average Bonchev–Trinajstić information content (AvgIpc) is 2.48. The summed E-state index contributed by atoms with van der Waals surface area (Å²) in [6, 6.07) is 7.77. The fourth-order valence-corrected chi connectivity index (χ4v) is 2.52. The monoisotopic (exact) mass is 255 g/mol. The Kier molecular flexibility index (Phi) is 3.17. The number of anilines is 1. The lowest BCUT2D eigenvalue weighted by molar-refractivity contribution is 0.112. The third kappa shape index (κ3) is 2.31. The predicted molar refractivity (Wildman–Crippen MR) is 77.0 cm³/mol. The maximum atomic E-state index is 10.8. The summed E-state index contributed by atoms with van der Waals surface area (Å²) in [7, 11) is 0. The van der Waals surface area contributed by atoms with Crippen molar-refractivity contribution in [3.8, 4) is 0 Å². The molecule has 0 spiro atoms. The molecule has 1 N–H and O–H groups in total. The largest absolute Gasteiger partial charge is 0.354 e. The van der Waals surface area contributed by atoms with E-state index < -0.39 is 0 Å². The van der Waals surface area contributed by atoms with E-state index in [1.807, 2.05) is 18.2 Å². The number of piperazine rings is 1. The number of carbonyl (C=O) groups is 1. The molecule has 0 unspecified atom stereocenters. The summed E-state index contributed by atoms with van der Waals surface area (Å²) in [5, 5.41) is 4.40. The minimum absolute atomic E-state index is 0.701. The van der Waals surface area contributed by atoms with Crippen LogP contribution in [-0.2, 0) is 0 Å². The molecule has 3 rings (SSSR count). The summed E-state index contributed by atoms with van der Waals surface area (Å²) in [5.74, 6) is 1.03. The van der Waals surface area contributed by atoms with E-state index in [1.165, 1.54) is 5.56 Å². The third-order valence-corrected chi connectivity index (χ3v) is 3.60. The average molecular weight is 255 g/mol. The van der Waals surface area contributed by atoms with Gasteiger partial charge in [0.1, 0.15) is 12.1 Å². The minimum atomic E-state index is 0.701. The molecule has 0 aliphatic carbocycles. The zero-order valence-electron chi connectivity index (χ0n) is 11.0. The summed E-state index contributed by atoms with van der Waals surface area (Å²) in [6.45, 7) is 6.06. The van der Waals surface area contributed by atoms with Crippen LogP contribution in [0, 0.1) is 6.92 Å². The maximum Gasteiger partial charge on any atom is 0.150 e. The van der Waals surface area contributed by atoms with Gasteiger partial charge in [-0.3, -0.25) is 4.79 Å². The van der Waals surface area contributed by atoms with Gasteiger partial charge in [0.25, 0.3) is 0 Å². The number of nitrogens with one attached hydrogen (secondary N) is 1. The Morgan fingerprint density at radius 1 is 1.26 bits per heavy atom. The van der Waals surface area contributed by atoms with Crippen LogP contribution < -0.4 is 10.2 Å². The topological polar surface area (TPSA) is 45.2 Å². The third-order valence-electron chi connectivity index (χ3n) is 3.60. The van der Waals surface area contributed by atoms with Gasteiger partial charge in [-0.05, 0) is 36.8 Å². The van der Waals surface area contributed by atoms with E-state index >= 15 is 0 Å². The first kappa shape index (κ1) is 12.1. The van der Waals surface area contributed by atoms with Gasteiger partial charge >= 0.3 is 0 Å². The Bertz CT molecular complexity index is 618. The van der Waals surface area contributed by atoms with E-state index in [2.05, 4.69) is 23.2 Å². The van der Waals surface area contributed by atoms with E-state index in [0.717, 1.165) is 49.2 Å². The van der Waals surface area contributed by atoms with Crippen molar-refractivity contribution in [3.05, 3.63) is 35.4 Å². The fourth-order valence-electron chi connectivity index (χ4n) is 2.52. The predicted octanol–water partition coefficient (Wildman–Crippen LogP) is 1.77. The Hall–Kier alpha value is -1.94. The van der Waals surface area contributed by atoms with Gasteiger partial charge in [0.2, 0.25) is 0 Å². The van der Waals surface area contributed by atoms with Crippen molar-refractivity contribution in [1.82, 2.24) is 10.3 Å². The SMILES string of the molecule is Cc1cc(N2CCNCC2)nc2ccc(C=O)cc12. The van der Waals surface area contributed by atoms with E-state index in [4.69, 9.17) is 4.98 Å². The second-order valence-corrected chi connectivity index (χ2v) is 4.93. The van der Waals surface area contributed by atoms with Crippen molar-refractivity contribution in [2.45, 2.75) is 6.92 Å². The van der Waals surface area contributed by atoms with Crippen molar-refractivity contribution in [2.24, 2.45) is 0 Å². The van der Waals surface area contributed by atoms with Crippen LogP contribution >= 0.6 is 0 Å². The molecule has 1 aromatic carbocycles. The molecule has 0 bridgehead atoms. The highest BCUT2D eigenvalue weighted by Gasteiger charge is 2.13. The van der Waals surface area contributed by atoms with Crippen LogP contribution in [0.3, 0.4) is 0 Å². The van der Waals surface area contributed by atoms with Crippen LogP contribution in [0.5, 0.6) is 0 Å². The number of nitrogens with zero attached hydrogens (tertiary/aromatic N) is 2. The van der Waals surface area contributed by atoms with Gasteiger partial charge in [-0.15, -0.1) is 0 Å². The first-order valence-corrected chi connectivity index (χ1v) is 6.60. The van der Waals surface area contributed by atoms with Crippen molar-refractivity contribution >= 4 is 23.0 Å². The first-order chi connectivity index (χ1) is 9.28. The van der Waals surface area contributed by atoms with E-state index in [1.54, 1.807) is 0 Å². The molecule has 2 heterocycles. The van der Waals surface area contributed by atoms with Gasteiger partial charge in [0, 0.05) is 37.1 Å². The number of benzene rings is 1. The zero-order valence-corrected chi connectivity index (χ0v) is 11.0. The van der Waals surface area contributed by atoms with Gasteiger partial charge in [0.05, 0.1) is 5.52 Å². The molecular weight excluding hydrogens is 238 g/mol. The molecule has 1 aromatic heterocycles. The summed E-state index contributed by atoms with van der Waals surface area (Å²) >= 11 is 0. The molecule has 1 aliphatic heterocycles. The molecule has 0 radical (unpaired) electrons. The molecule has 0 amide bonds. The lowest BCUT2D eigenvalue weighted by atomic mass is 10.1. The van der Waals surface area contributed by atoms with Gasteiger partial charge in [-0.2, -0.15) is 0 Å². The molecular formula is C15H17N3O. The van der Waals surface area contributed by atoms with Crippen LogP contribution in [-0.4, -0.2) is 37.4 Å². The second-order valence-electron chi connectivity index (χ2n) is 4.93. The van der Waals surface area contributed by atoms with Gasteiger partial charge < -0.3 is 10.2 Å². The van der Waals surface area contributed by atoms with Crippen molar-refractivity contribution < 1.29 is 4.79 Å². The van der Waals surface area contributed by atoms with Crippen LogP contribution in [0.2, 0.25) is 0 Å². The van der Waals surface area contributed by atoms with E-state index in [0.29, 0.717) is 5.56 Å². The fraction of sp³-hybridized carbons (Fsp3) is 0.333. The standard InChI is InChI=1S/C15H17N3O/c1-11-8-15(18-6-4-16-5-7-18)17-14-3-2-12(10-19)9-13(11)14/h2-3,8-10,16H,4-7H2,1H3. The first-order valence-electron chi connectivity index (χ1n) is 6.60. The normalized spacial score (nSPS) is 15.7. The number of fused-ring (bicyclic) bond motifs is 1. The summed E-state index contributed by atoms with van der Waals surface area (Å²) in [4.78, 5) is 17.9. The number of hydrogen-bond acceptors (Lipinski definition) is 4. The number of hydrogen-bond donors (Lipinski definition) is 1. The Labute approximate surface area is 112 Å². The maximum absolute atomic E-state index is 10.8. The number of rotatable bonds is 2. The smallest absolute Gasteiger partial charge is 0.150 e. The molecule has 1 saturated heterocycles. The Balaban J connectivity index is 2.06. The minimum Gasteiger partial charge on any atom is -0.354 e.